The molecule has 2 aliphatic heterocycles. The summed E-state index contributed by atoms with van der Waals surface area (Å²) < 4.78 is 42.6. The second-order valence-electron chi connectivity index (χ2n) is 9.37. The van der Waals surface area contributed by atoms with Gasteiger partial charge in [-0.1, -0.05) is 18.7 Å². The van der Waals surface area contributed by atoms with Gasteiger partial charge in [-0.15, -0.1) is 6.58 Å². The van der Waals surface area contributed by atoms with Crippen LogP contribution in [0.5, 0.6) is 0 Å². The minimum atomic E-state index is -0.685. The second kappa shape index (κ2) is 16.7. The Labute approximate surface area is 228 Å². The number of rotatable bonds is 1. The first-order valence-corrected chi connectivity index (χ1v) is 14.5. The van der Waals surface area contributed by atoms with Crippen LogP contribution >= 0.6 is 16.0 Å². The molecule has 0 unspecified atom stereocenters. The van der Waals surface area contributed by atoms with Crippen molar-refractivity contribution in [3.05, 3.63) is 37.1 Å². The molecule has 13 heteroatoms. The molecule has 2 rings (SSSR count). The number of carbonyl (C=O) groups is 3. The van der Waals surface area contributed by atoms with Gasteiger partial charge in [-0.2, -0.15) is 0 Å². The van der Waals surface area contributed by atoms with Crippen molar-refractivity contribution in [2.24, 2.45) is 5.92 Å². The lowest BCUT2D eigenvalue weighted by atomic mass is 10.0. The Morgan fingerprint density at radius 2 is 1.50 bits per heavy atom. The van der Waals surface area contributed by atoms with Crippen LogP contribution in [0.25, 0.3) is 0 Å². The maximum absolute atomic E-state index is 12.0. The Kier molecular flexibility index (Phi) is 14.9. The molecule has 0 spiro atoms. The number of hydrogen-bond donors (Lipinski definition) is 0. The summed E-state index contributed by atoms with van der Waals surface area (Å²) in [6, 6.07) is -0.692. The Morgan fingerprint density at radius 3 is 1.86 bits per heavy atom. The number of likely N-dealkylation sites (tertiary alicyclic amines) is 1. The smallest absolute Gasteiger partial charge is 0.417 e. The van der Waals surface area contributed by atoms with Gasteiger partial charge in [0, 0.05) is 26.5 Å². The van der Waals surface area contributed by atoms with E-state index in [-0.39, 0.29) is 25.8 Å². The number of nitrogens with zero attached hydrogens (tertiary/aromatic N) is 2. The van der Waals surface area contributed by atoms with Crippen LogP contribution in [0, 0.1) is 5.92 Å². The van der Waals surface area contributed by atoms with Crippen LogP contribution in [-0.4, -0.2) is 59.6 Å². The Morgan fingerprint density at radius 1 is 1.06 bits per heavy atom. The predicted octanol–water partition coefficient (Wildman–Crippen LogP) is 5.55. The van der Waals surface area contributed by atoms with Gasteiger partial charge in [-0.25, -0.2) is 22.9 Å². The van der Waals surface area contributed by atoms with Crippen LogP contribution in [0.15, 0.2) is 37.1 Å². The molecule has 2 heterocycles. The Hall–Kier alpha value is -1.93. The summed E-state index contributed by atoms with van der Waals surface area (Å²) >= 11 is 0. The van der Waals surface area contributed by atoms with Gasteiger partial charge >= 0.3 is 12.2 Å². The quantitative estimate of drug-likeness (QED) is 0.293. The highest BCUT2D eigenvalue weighted by Crippen LogP contribution is 2.33. The van der Waals surface area contributed by atoms with Gasteiger partial charge < -0.3 is 9.47 Å². The highest BCUT2D eigenvalue weighted by Gasteiger charge is 2.37. The van der Waals surface area contributed by atoms with Gasteiger partial charge in [0.1, 0.15) is 32.9 Å². The van der Waals surface area contributed by atoms with E-state index in [2.05, 4.69) is 29.2 Å². The van der Waals surface area contributed by atoms with Gasteiger partial charge in [-0.3, -0.25) is 9.69 Å². The normalized spacial score (nSPS) is 21.2. The molecule has 204 valence electrons. The van der Waals surface area contributed by atoms with Crippen molar-refractivity contribution >= 4 is 55.8 Å². The van der Waals surface area contributed by atoms with Crippen LogP contribution in [-0.2, 0) is 36.0 Å². The monoisotopic (exact) mass is 584 g/mol. The zero-order valence-electron chi connectivity index (χ0n) is 23.6. The molecule has 3 amide bonds. The van der Waals surface area contributed by atoms with Gasteiger partial charge in [0.25, 0.3) is 5.91 Å². The standard InChI is InChI=1S/C13H21NO2.C10H15NO3.2HOPS/c1-7-11-8-9(2)14(10(11)3)12(15)16-13(4,5)6;1-7-5-6-8(12)11(7)9(13)14-10(2,3)4;2*1-3-2/h7,10-11H,1-2,8H2,3-6H3;5-7H,1-4H3;2*2H/t10-,11+;7-;;/m11../s1/i3T;1T;;. The zero-order valence-corrected chi connectivity index (χ0v) is 25.2. The maximum atomic E-state index is 12.0. The fourth-order valence-electron chi connectivity index (χ4n) is 2.81. The number of allylic oxidation sites excluding steroid dienone is 1. The molecule has 1 saturated heterocycles. The fourth-order valence-corrected chi connectivity index (χ4v) is 2.81. The maximum Gasteiger partial charge on any atom is 0.417 e. The number of hydrogen-bond acceptors (Lipinski definition) is 7. The molecule has 0 aromatic carbocycles. The second-order valence-corrected chi connectivity index (χ2v) is 10.7. The summed E-state index contributed by atoms with van der Waals surface area (Å²) in [5, 5.41) is 0. The SMILES string of the molecule is O=S=P.O=S=P.[3H]C[C@@H]1C=CC(=O)N1C(=O)OC(C)(C)C.[3H]C[C@@H]1[C@@H](C=C)CC(=C)N1C(=O)OC(C)(C)C. The minimum absolute atomic E-state index is 0.0402. The van der Waals surface area contributed by atoms with E-state index in [1.807, 2.05) is 20.8 Å². The van der Waals surface area contributed by atoms with Gasteiger partial charge in [-0.05, 0) is 77.8 Å². The van der Waals surface area contributed by atoms with Crippen LogP contribution < -0.4 is 0 Å². The lowest BCUT2D eigenvalue weighted by Crippen LogP contribution is -2.41. The lowest BCUT2D eigenvalue weighted by Gasteiger charge is -2.28. The molecule has 0 aromatic heterocycles. The minimum Gasteiger partial charge on any atom is -0.443 e. The Balaban J connectivity index is 0. The molecule has 0 bridgehead atoms. The predicted molar refractivity (Wildman–Crippen MR) is 150 cm³/mol. The van der Waals surface area contributed by atoms with Crippen molar-refractivity contribution in [2.45, 2.75) is 85.0 Å². The van der Waals surface area contributed by atoms with Crippen molar-refractivity contribution in [3.8, 4) is 0 Å². The van der Waals surface area contributed by atoms with E-state index < -0.39 is 35.3 Å². The third-order valence-corrected chi connectivity index (χ3v) is 4.15. The summed E-state index contributed by atoms with van der Waals surface area (Å²) in [6.07, 6.45) is 4.20. The van der Waals surface area contributed by atoms with E-state index >= 15 is 0 Å². The van der Waals surface area contributed by atoms with Gasteiger partial charge in [0.05, 0.1) is 6.04 Å². The van der Waals surface area contributed by atoms with E-state index in [4.69, 9.17) is 20.6 Å². The van der Waals surface area contributed by atoms with Crippen LogP contribution in [0.1, 0.15) is 64.5 Å². The first-order chi connectivity index (χ1) is 17.5. The molecule has 36 heavy (non-hydrogen) atoms. The molecule has 3 atom stereocenters. The third kappa shape index (κ3) is 14.0. The Bertz CT molecular complexity index is 944. The molecule has 9 nitrogen and oxygen atoms in total. The fraction of sp³-hybridized carbons (Fsp3) is 0.609. The van der Waals surface area contributed by atoms with Crippen molar-refractivity contribution in [3.63, 3.8) is 0 Å². The highest BCUT2D eigenvalue weighted by molar-refractivity contribution is 7.93. The number of imide groups is 1. The molecule has 0 aromatic rings. The largest absolute Gasteiger partial charge is 0.443 e. The molecular formula is C23H38N2O7P2S2. The highest BCUT2D eigenvalue weighted by atomic mass is 32.4. The summed E-state index contributed by atoms with van der Waals surface area (Å²) in [5.74, 6) is -0.311. The van der Waals surface area contributed by atoms with Crippen LogP contribution in [0.2, 0.25) is 0 Å². The molecule has 1 fully saturated rings. The third-order valence-electron chi connectivity index (χ3n) is 4.15. The first kappa shape index (κ1) is 32.1. The van der Waals surface area contributed by atoms with Crippen molar-refractivity contribution < 1.29 is 35.0 Å². The molecule has 2 aliphatic rings. The van der Waals surface area contributed by atoms with E-state index in [1.165, 1.54) is 11.0 Å². The van der Waals surface area contributed by atoms with E-state index in [0.29, 0.717) is 33.8 Å². The van der Waals surface area contributed by atoms with Crippen molar-refractivity contribution in [2.75, 3.05) is 0 Å². The van der Waals surface area contributed by atoms with E-state index in [0.717, 1.165) is 4.90 Å². The summed E-state index contributed by atoms with van der Waals surface area (Å²) in [7, 11) is 5.70. The number of ether oxygens (including phenoxy) is 2. The molecule has 0 N–H and O–H groups in total. The number of carbonyl (C=O) groups excluding carboxylic acids is 3. The summed E-state index contributed by atoms with van der Waals surface area (Å²) in [6.45, 7) is 18.4. The summed E-state index contributed by atoms with van der Waals surface area (Å²) in [5.41, 5.74) is -0.454. The molecular weight excluding hydrogens is 542 g/mol. The van der Waals surface area contributed by atoms with E-state index in [1.54, 1.807) is 32.9 Å². The number of amides is 3. The lowest BCUT2D eigenvalue weighted by molar-refractivity contribution is -0.125. The molecule has 0 saturated carbocycles. The van der Waals surface area contributed by atoms with Gasteiger partial charge in [0.2, 0.25) is 0 Å². The molecule has 0 radical (unpaired) electrons. The van der Waals surface area contributed by atoms with E-state index in [9.17, 15) is 14.4 Å². The van der Waals surface area contributed by atoms with Crippen molar-refractivity contribution in [1.82, 2.24) is 9.80 Å². The molecule has 0 aliphatic carbocycles. The average molecular weight is 585 g/mol. The van der Waals surface area contributed by atoms with Crippen LogP contribution in [0.4, 0.5) is 9.59 Å². The summed E-state index contributed by atoms with van der Waals surface area (Å²) in [4.78, 5) is 37.4. The average Bonchev–Trinajstić information content (AvgIpc) is 3.31. The zero-order chi connectivity index (χ0) is 30.3. The van der Waals surface area contributed by atoms with Gasteiger partial charge in [0.15, 0.2) is 0 Å². The topological polar surface area (TPSA) is 110 Å². The van der Waals surface area contributed by atoms with Crippen molar-refractivity contribution in [1.29, 1.82) is 0 Å². The first-order valence-electron chi connectivity index (χ1n) is 12.0. The van der Waals surface area contributed by atoms with Crippen LogP contribution in [0.3, 0.4) is 0 Å².